The van der Waals surface area contributed by atoms with Gasteiger partial charge in [-0.2, -0.15) is 4.68 Å². The van der Waals surface area contributed by atoms with Gasteiger partial charge in [0.1, 0.15) is 28.6 Å². The summed E-state index contributed by atoms with van der Waals surface area (Å²) >= 11 is 0. The molecule has 1 fully saturated rings. The predicted octanol–water partition coefficient (Wildman–Crippen LogP) is -1.06. The fourth-order valence-electron chi connectivity index (χ4n) is 3.80. The maximum Gasteiger partial charge on any atom is 0.352 e. The predicted molar refractivity (Wildman–Crippen MR) is 115 cm³/mol. The highest BCUT2D eigenvalue weighted by molar-refractivity contribution is 6.14. The Morgan fingerprint density at radius 2 is 1.79 bits per heavy atom. The highest BCUT2D eigenvalue weighted by Crippen LogP contribution is 2.30. The van der Waals surface area contributed by atoms with Crippen molar-refractivity contribution in [3.63, 3.8) is 0 Å². The average molecular weight is 468 g/mol. The van der Waals surface area contributed by atoms with Crippen LogP contribution in [0.15, 0.2) is 27.7 Å². The van der Waals surface area contributed by atoms with Crippen molar-refractivity contribution >= 4 is 34.6 Å². The van der Waals surface area contributed by atoms with Gasteiger partial charge in [0.2, 0.25) is 0 Å². The van der Waals surface area contributed by atoms with Crippen LogP contribution in [0.4, 0.5) is 0 Å². The van der Waals surface area contributed by atoms with Gasteiger partial charge in [0.25, 0.3) is 11.8 Å². The Hall–Kier alpha value is -4.33. The molecule has 1 aliphatic rings. The van der Waals surface area contributed by atoms with E-state index < -0.39 is 24.3 Å². The lowest BCUT2D eigenvalue weighted by atomic mass is 10.1. The van der Waals surface area contributed by atoms with Crippen molar-refractivity contribution < 1.29 is 23.5 Å². The number of carbonyl (C=O) groups excluding carboxylic acids is 3. The zero-order valence-corrected chi connectivity index (χ0v) is 18.3. The number of amides is 2. The average Bonchev–Trinajstić information content (AvgIpc) is 3.56. The molecule has 5 rings (SSSR count). The van der Waals surface area contributed by atoms with E-state index in [1.165, 1.54) is 7.05 Å². The number of fused-ring (bicyclic) bond motifs is 3. The van der Waals surface area contributed by atoms with Crippen LogP contribution in [-0.4, -0.2) is 91.9 Å². The molecule has 2 bridgehead atoms. The van der Waals surface area contributed by atoms with Crippen LogP contribution in [0.5, 0.6) is 0 Å². The topological polar surface area (TPSA) is 157 Å². The molecule has 1 saturated heterocycles. The number of likely N-dealkylation sites (N-methyl/N-ethyl adjacent to an activating group) is 1. The minimum absolute atomic E-state index is 0.0254. The van der Waals surface area contributed by atoms with Crippen LogP contribution in [0.2, 0.25) is 0 Å². The Balaban J connectivity index is 1.28. The highest BCUT2D eigenvalue weighted by Gasteiger charge is 2.32. The van der Waals surface area contributed by atoms with Gasteiger partial charge in [0.15, 0.2) is 18.1 Å². The normalized spacial score (nSPS) is 14.7. The monoisotopic (exact) mass is 468 g/mol. The second-order valence-corrected chi connectivity index (χ2v) is 7.87. The van der Waals surface area contributed by atoms with E-state index in [2.05, 4.69) is 25.5 Å². The maximum atomic E-state index is 13.1. The lowest BCUT2D eigenvalue weighted by Crippen LogP contribution is -2.47. The molecule has 4 aromatic rings. The quantitative estimate of drug-likeness (QED) is 0.283. The number of nitrogens with one attached hydrogen (secondary N) is 1. The summed E-state index contributed by atoms with van der Waals surface area (Å²) in [5.74, 6) is -1.83. The van der Waals surface area contributed by atoms with Gasteiger partial charge >= 0.3 is 11.7 Å². The minimum atomic E-state index is -0.810. The third-order valence-electron chi connectivity index (χ3n) is 5.71. The molecule has 34 heavy (non-hydrogen) atoms. The highest BCUT2D eigenvalue weighted by atomic mass is 16.5. The van der Waals surface area contributed by atoms with Crippen molar-refractivity contribution in [2.75, 3.05) is 40.0 Å². The number of aryl methyl sites for hydroxylation is 1. The lowest BCUT2D eigenvalue weighted by molar-refractivity contribution is 0.0457. The van der Waals surface area contributed by atoms with Crippen LogP contribution >= 0.6 is 0 Å². The first-order valence-corrected chi connectivity index (χ1v) is 10.4. The maximum absolute atomic E-state index is 13.1. The number of hydrogen-bond acceptors (Lipinski definition) is 10. The summed E-state index contributed by atoms with van der Waals surface area (Å²) in [4.78, 5) is 58.1. The zero-order valence-electron chi connectivity index (χ0n) is 18.3. The molecule has 0 spiro atoms. The third-order valence-corrected chi connectivity index (χ3v) is 5.71. The van der Waals surface area contributed by atoms with E-state index in [4.69, 9.17) is 9.15 Å². The van der Waals surface area contributed by atoms with Crippen LogP contribution in [0.3, 0.4) is 0 Å². The Kier molecular flexibility index (Phi) is 5.20. The van der Waals surface area contributed by atoms with Gasteiger partial charge in [-0.3, -0.25) is 9.59 Å². The van der Waals surface area contributed by atoms with Crippen molar-refractivity contribution in [1.29, 1.82) is 0 Å². The van der Waals surface area contributed by atoms with E-state index in [-0.39, 0.29) is 34.0 Å². The molecule has 14 nitrogen and oxygen atoms in total. The van der Waals surface area contributed by atoms with Crippen molar-refractivity contribution in [3.8, 4) is 0 Å². The number of aromatic nitrogens is 5. The van der Waals surface area contributed by atoms with E-state index in [1.807, 2.05) is 7.05 Å². The molecule has 0 aromatic carbocycles. The number of imidazole rings is 1. The van der Waals surface area contributed by atoms with Gasteiger partial charge in [0.05, 0.1) is 0 Å². The van der Waals surface area contributed by atoms with Crippen molar-refractivity contribution in [1.82, 2.24) is 39.5 Å². The number of piperazine rings is 1. The smallest absolute Gasteiger partial charge is 0.352 e. The van der Waals surface area contributed by atoms with E-state index in [0.717, 1.165) is 28.5 Å². The summed E-state index contributed by atoms with van der Waals surface area (Å²) in [6.45, 7) is 2.03. The molecular formula is C20H20N8O6. The molecule has 0 atom stereocenters. The van der Waals surface area contributed by atoms with E-state index >= 15 is 0 Å². The summed E-state index contributed by atoms with van der Waals surface area (Å²) < 4.78 is 12.8. The fourth-order valence-corrected chi connectivity index (χ4v) is 3.80. The van der Waals surface area contributed by atoms with Crippen molar-refractivity contribution in [2.24, 2.45) is 7.05 Å². The molecular weight excluding hydrogens is 448 g/mol. The number of ether oxygens (including phenoxy) is 1. The second-order valence-electron chi connectivity index (χ2n) is 7.87. The standard InChI is InChI=1S/C20H20N8O6/c1-25-5-7-27(8-6-25)18(30)13-11-3-4-12(34-11)14(13)19(31)33-10-22-17(29)15-16-23-24-26(2)20(32)28(16)9-21-15/h3-4,9H,5-8,10H2,1-2H3,(H,22,29). The number of benzene rings is 1. The summed E-state index contributed by atoms with van der Waals surface area (Å²) in [6.07, 6.45) is 1.15. The third kappa shape index (κ3) is 3.53. The summed E-state index contributed by atoms with van der Waals surface area (Å²) in [5, 5.41) is 9.81. The number of furan rings is 2. The van der Waals surface area contributed by atoms with Crippen LogP contribution in [0.25, 0.3) is 16.8 Å². The SMILES string of the molecule is CN1CCN(C(=O)c2c(C(=O)OCNC(=O)c3ncn4c(=O)n(C)nnc34)c3ccc2o3)CC1. The molecule has 0 saturated carbocycles. The molecule has 4 aromatic heterocycles. The Morgan fingerprint density at radius 3 is 2.53 bits per heavy atom. The molecule has 0 aliphatic carbocycles. The lowest BCUT2D eigenvalue weighted by Gasteiger charge is -2.32. The van der Waals surface area contributed by atoms with Crippen molar-refractivity contribution in [3.05, 3.63) is 45.8 Å². The first-order chi connectivity index (χ1) is 16.3. The zero-order chi connectivity index (χ0) is 24.0. The summed E-state index contributed by atoms with van der Waals surface area (Å²) in [5.41, 5.74) is 0.0128. The van der Waals surface area contributed by atoms with Gasteiger partial charge < -0.3 is 24.3 Å². The molecule has 0 unspecified atom stereocenters. The number of hydrogen-bond donors (Lipinski definition) is 1. The molecule has 1 N–H and O–H groups in total. The van der Waals surface area contributed by atoms with Gasteiger partial charge in [-0.15, -0.1) is 5.10 Å². The molecule has 1 aliphatic heterocycles. The van der Waals surface area contributed by atoms with Crippen molar-refractivity contribution in [2.45, 2.75) is 0 Å². The number of rotatable bonds is 5. The van der Waals surface area contributed by atoms with E-state index in [0.29, 0.717) is 18.7 Å². The Labute approximate surface area is 191 Å². The molecule has 5 heterocycles. The minimum Gasteiger partial charge on any atom is -0.456 e. The van der Waals surface area contributed by atoms with Gasteiger partial charge in [-0.1, -0.05) is 5.21 Å². The second kappa shape index (κ2) is 8.22. The van der Waals surface area contributed by atoms with E-state index in [1.54, 1.807) is 17.0 Å². The van der Waals surface area contributed by atoms with Gasteiger partial charge in [-0.25, -0.2) is 19.0 Å². The first kappa shape index (κ1) is 21.5. The Bertz CT molecular complexity index is 1460. The van der Waals surface area contributed by atoms with Crippen LogP contribution in [-0.2, 0) is 11.8 Å². The van der Waals surface area contributed by atoms with E-state index in [9.17, 15) is 19.2 Å². The number of carbonyl (C=O) groups is 3. The molecule has 0 radical (unpaired) electrons. The molecule has 14 heteroatoms. The number of nitrogens with zero attached hydrogens (tertiary/aromatic N) is 7. The summed E-state index contributed by atoms with van der Waals surface area (Å²) in [6, 6.07) is 3.22. The first-order valence-electron chi connectivity index (χ1n) is 10.4. The van der Waals surface area contributed by atoms with Crippen LogP contribution in [0, 0.1) is 0 Å². The van der Waals surface area contributed by atoms with Crippen LogP contribution < -0.4 is 11.0 Å². The summed E-state index contributed by atoms with van der Waals surface area (Å²) in [7, 11) is 3.39. The molecule has 176 valence electrons. The van der Waals surface area contributed by atoms with Gasteiger partial charge in [0, 0.05) is 33.2 Å². The largest absolute Gasteiger partial charge is 0.456 e. The van der Waals surface area contributed by atoms with Gasteiger partial charge in [-0.05, 0) is 19.2 Å². The number of esters is 1. The molecule has 2 amide bonds. The van der Waals surface area contributed by atoms with Crippen LogP contribution in [0.1, 0.15) is 31.2 Å². The fraction of sp³-hybridized carbons (Fsp3) is 0.350. The Morgan fingerprint density at radius 1 is 1.09 bits per heavy atom.